The summed E-state index contributed by atoms with van der Waals surface area (Å²) in [6.45, 7) is 7.88. The first kappa shape index (κ1) is 19.9. The van der Waals surface area contributed by atoms with Crippen molar-refractivity contribution in [2.45, 2.75) is 46.1 Å². The fraction of sp³-hybridized carbons (Fsp3) is 0.350. The van der Waals surface area contributed by atoms with Crippen molar-refractivity contribution in [1.82, 2.24) is 0 Å². The summed E-state index contributed by atoms with van der Waals surface area (Å²) < 4.78 is 62.9. The molecule has 0 saturated carbocycles. The van der Waals surface area contributed by atoms with Crippen LogP contribution in [-0.2, 0) is 5.41 Å². The van der Waals surface area contributed by atoms with Gasteiger partial charge in [0.25, 0.3) is 0 Å². The van der Waals surface area contributed by atoms with Crippen LogP contribution in [0.1, 0.15) is 56.1 Å². The lowest BCUT2D eigenvalue weighted by atomic mass is 9.84. The van der Waals surface area contributed by atoms with Crippen LogP contribution in [0.4, 0.5) is 17.6 Å². The van der Waals surface area contributed by atoms with Crippen LogP contribution in [0.25, 0.3) is 0 Å². The molecule has 0 aliphatic heterocycles. The Hall–Kier alpha value is -2.37. The number of halogens is 4. The molecule has 2 nitrogen and oxygen atoms in total. The quantitative estimate of drug-likeness (QED) is 0.401. The SMILES string of the molecule is CC(C)Oc1ccc(C(=O)c2c(F)c(F)c(C(C)(C)C)c(F)c2F)cc1. The predicted molar refractivity (Wildman–Crippen MR) is 90.6 cm³/mol. The number of benzene rings is 2. The second-order valence-corrected chi connectivity index (χ2v) is 7.28. The first-order valence-electron chi connectivity index (χ1n) is 8.13. The molecule has 0 spiro atoms. The number of hydrogen-bond acceptors (Lipinski definition) is 2. The summed E-state index contributed by atoms with van der Waals surface area (Å²) >= 11 is 0. The highest BCUT2D eigenvalue weighted by Gasteiger charge is 2.34. The molecular weight excluding hydrogens is 348 g/mol. The first-order valence-corrected chi connectivity index (χ1v) is 8.13. The van der Waals surface area contributed by atoms with E-state index in [1.807, 2.05) is 13.8 Å². The van der Waals surface area contributed by atoms with Crippen molar-refractivity contribution in [3.63, 3.8) is 0 Å². The summed E-state index contributed by atoms with van der Waals surface area (Å²) in [4.78, 5) is 12.4. The van der Waals surface area contributed by atoms with Crippen LogP contribution in [0.5, 0.6) is 5.75 Å². The molecule has 26 heavy (non-hydrogen) atoms. The lowest BCUT2D eigenvalue weighted by Crippen LogP contribution is -2.22. The molecule has 2 aromatic rings. The largest absolute Gasteiger partial charge is 0.491 e. The van der Waals surface area contributed by atoms with E-state index in [4.69, 9.17) is 4.74 Å². The van der Waals surface area contributed by atoms with Crippen molar-refractivity contribution < 1.29 is 27.1 Å². The van der Waals surface area contributed by atoms with Gasteiger partial charge in [0.2, 0.25) is 0 Å². The van der Waals surface area contributed by atoms with Crippen LogP contribution in [0.3, 0.4) is 0 Å². The Balaban J connectivity index is 2.53. The molecule has 0 amide bonds. The maximum absolute atomic E-state index is 14.4. The summed E-state index contributed by atoms with van der Waals surface area (Å²) in [6, 6.07) is 5.46. The highest BCUT2D eigenvalue weighted by Crippen LogP contribution is 2.33. The monoisotopic (exact) mass is 368 g/mol. The minimum absolute atomic E-state index is 0.0976. The van der Waals surface area contributed by atoms with Gasteiger partial charge in [0.1, 0.15) is 11.3 Å². The van der Waals surface area contributed by atoms with Gasteiger partial charge >= 0.3 is 0 Å². The fourth-order valence-corrected chi connectivity index (χ4v) is 2.59. The normalized spacial score (nSPS) is 11.8. The second kappa shape index (κ2) is 7.09. The average molecular weight is 368 g/mol. The topological polar surface area (TPSA) is 26.3 Å². The maximum atomic E-state index is 14.4. The van der Waals surface area contributed by atoms with E-state index in [1.165, 1.54) is 45.0 Å². The Morgan fingerprint density at radius 1 is 0.885 bits per heavy atom. The van der Waals surface area contributed by atoms with Gasteiger partial charge < -0.3 is 4.74 Å². The second-order valence-electron chi connectivity index (χ2n) is 7.28. The van der Waals surface area contributed by atoms with Crippen LogP contribution in [-0.4, -0.2) is 11.9 Å². The summed E-state index contributed by atoms with van der Waals surface area (Å²) in [5.41, 5.74) is -3.26. The minimum atomic E-state index is -1.69. The van der Waals surface area contributed by atoms with Crippen LogP contribution in [0.2, 0.25) is 0 Å². The maximum Gasteiger partial charge on any atom is 0.199 e. The van der Waals surface area contributed by atoms with Crippen molar-refractivity contribution in [1.29, 1.82) is 0 Å². The molecule has 0 aromatic heterocycles. The van der Waals surface area contributed by atoms with Gasteiger partial charge in [-0.2, -0.15) is 0 Å². The molecule has 2 aromatic carbocycles. The third kappa shape index (κ3) is 3.74. The zero-order chi connectivity index (χ0) is 19.8. The van der Waals surface area contributed by atoms with Gasteiger partial charge in [0, 0.05) is 11.1 Å². The molecule has 0 atom stereocenters. The van der Waals surface area contributed by atoms with Gasteiger partial charge in [-0.3, -0.25) is 4.79 Å². The molecule has 0 heterocycles. The van der Waals surface area contributed by atoms with Crippen molar-refractivity contribution in [2.24, 2.45) is 0 Å². The van der Waals surface area contributed by atoms with Crippen molar-refractivity contribution >= 4 is 5.78 Å². The van der Waals surface area contributed by atoms with E-state index in [9.17, 15) is 22.4 Å². The number of carbonyl (C=O) groups is 1. The third-order valence-corrected chi connectivity index (χ3v) is 3.73. The summed E-state index contributed by atoms with van der Waals surface area (Å²) in [5.74, 6) is -7.19. The summed E-state index contributed by atoms with van der Waals surface area (Å²) in [5, 5.41) is 0. The lowest BCUT2D eigenvalue weighted by Gasteiger charge is -2.22. The van der Waals surface area contributed by atoms with Crippen molar-refractivity contribution in [3.05, 3.63) is 64.2 Å². The van der Waals surface area contributed by atoms with Gasteiger partial charge in [-0.15, -0.1) is 0 Å². The summed E-state index contributed by atoms with van der Waals surface area (Å²) in [6.07, 6.45) is -0.0976. The third-order valence-electron chi connectivity index (χ3n) is 3.73. The van der Waals surface area contributed by atoms with Gasteiger partial charge in [-0.05, 0) is 43.5 Å². The number of rotatable bonds is 4. The van der Waals surface area contributed by atoms with Crippen molar-refractivity contribution in [2.75, 3.05) is 0 Å². The van der Waals surface area contributed by atoms with E-state index >= 15 is 0 Å². The Morgan fingerprint density at radius 3 is 1.73 bits per heavy atom. The van der Waals surface area contributed by atoms with Crippen LogP contribution < -0.4 is 4.74 Å². The van der Waals surface area contributed by atoms with E-state index < -0.39 is 45.6 Å². The average Bonchev–Trinajstić information content (AvgIpc) is 2.52. The van der Waals surface area contributed by atoms with Gasteiger partial charge in [0.05, 0.1) is 6.10 Å². The molecule has 0 unspecified atom stereocenters. The van der Waals surface area contributed by atoms with Crippen molar-refractivity contribution in [3.8, 4) is 5.75 Å². The van der Waals surface area contributed by atoms with E-state index in [0.29, 0.717) is 5.75 Å². The molecule has 140 valence electrons. The standard InChI is InChI=1S/C20H20F4O2/c1-10(2)26-12-8-6-11(7-9-12)19(25)13-15(21)17(23)14(20(3,4)5)18(24)16(13)22/h6-10H,1-5H3. The Bertz CT molecular complexity index is 805. The molecular formula is C20H20F4O2. The van der Waals surface area contributed by atoms with E-state index in [1.54, 1.807) is 0 Å². The highest BCUT2D eigenvalue weighted by atomic mass is 19.2. The van der Waals surface area contributed by atoms with Gasteiger partial charge in [-0.25, -0.2) is 17.6 Å². The van der Waals surface area contributed by atoms with Gasteiger partial charge in [0.15, 0.2) is 29.1 Å². The molecule has 0 saturated heterocycles. The van der Waals surface area contributed by atoms with Crippen LogP contribution >= 0.6 is 0 Å². The zero-order valence-electron chi connectivity index (χ0n) is 15.2. The summed E-state index contributed by atoms with van der Waals surface area (Å²) in [7, 11) is 0. The molecule has 2 rings (SSSR count). The molecule has 0 aliphatic carbocycles. The van der Waals surface area contributed by atoms with E-state index in [0.717, 1.165) is 0 Å². The smallest absolute Gasteiger partial charge is 0.199 e. The predicted octanol–water partition coefficient (Wildman–Crippen LogP) is 5.56. The lowest BCUT2D eigenvalue weighted by molar-refractivity contribution is 0.102. The number of hydrogen-bond donors (Lipinski definition) is 0. The Kier molecular flexibility index (Phi) is 5.44. The number of carbonyl (C=O) groups excluding carboxylic acids is 1. The molecule has 0 aliphatic rings. The first-order chi connectivity index (χ1) is 11.9. The van der Waals surface area contributed by atoms with E-state index in [2.05, 4.69) is 0 Å². The molecule has 6 heteroatoms. The fourth-order valence-electron chi connectivity index (χ4n) is 2.59. The minimum Gasteiger partial charge on any atom is -0.491 e. The highest BCUT2D eigenvalue weighted by molar-refractivity contribution is 6.09. The van der Waals surface area contributed by atoms with E-state index in [-0.39, 0.29) is 11.7 Å². The Labute approximate surface area is 149 Å². The molecule has 0 bridgehead atoms. The molecule has 0 radical (unpaired) electrons. The molecule has 0 N–H and O–H groups in total. The van der Waals surface area contributed by atoms with Crippen LogP contribution in [0, 0.1) is 23.3 Å². The molecule has 0 fully saturated rings. The Morgan fingerprint density at radius 2 is 1.35 bits per heavy atom. The number of ether oxygens (including phenoxy) is 1. The zero-order valence-corrected chi connectivity index (χ0v) is 15.2. The van der Waals surface area contributed by atoms with Crippen LogP contribution in [0.15, 0.2) is 24.3 Å². The van der Waals surface area contributed by atoms with Gasteiger partial charge in [-0.1, -0.05) is 20.8 Å². The number of ketones is 1.